The van der Waals surface area contributed by atoms with E-state index in [1.807, 2.05) is 13.8 Å². The first kappa shape index (κ1) is 20.4. The molecule has 9 heteroatoms. The van der Waals surface area contributed by atoms with Crippen LogP contribution in [0.2, 0.25) is 0 Å². The van der Waals surface area contributed by atoms with Crippen LogP contribution in [0.15, 0.2) is 30.3 Å². The minimum Gasteiger partial charge on any atom is -0.404 e. The van der Waals surface area contributed by atoms with Crippen LogP contribution in [0.5, 0.6) is 5.75 Å². The van der Waals surface area contributed by atoms with Crippen LogP contribution in [0, 0.1) is 0 Å². The molecule has 1 N–H and O–H groups in total. The Labute approximate surface area is 137 Å². The van der Waals surface area contributed by atoms with Gasteiger partial charge in [-0.3, -0.25) is 13.9 Å². The quantitative estimate of drug-likeness (QED) is 0.414. The molecule has 0 fully saturated rings. The van der Waals surface area contributed by atoms with Crippen LogP contribution >= 0.6 is 15.6 Å². The lowest BCUT2D eigenvalue weighted by Gasteiger charge is -2.20. The number of hydrogen-bond acceptors (Lipinski definition) is 6. The molecule has 23 heavy (non-hydrogen) atoms. The molecule has 0 saturated heterocycles. The number of para-hydroxylation sites is 1. The highest BCUT2D eigenvalue weighted by Gasteiger charge is 2.39. The first-order chi connectivity index (χ1) is 10.9. The summed E-state index contributed by atoms with van der Waals surface area (Å²) in [5, 5.41) is 0. The number of phosphoric acid groups is 2. The lowest BCUT2D eigenvalue weighted by atomic mass is 10.3. The monoisotopic (exact) mass is 366 g/mol. The number of hydrogen-bond donors (Lipinski definition) is 1. The van der Waals surface area contributed by atoms with E-state index in [1.165, 1.54) is 12.1 Å². The second-order valence-corrected chi connectivity index (χ2v) is 7.96. The number of unbranched alkanes of at least 4 members (excludes halogenated alkanes) is 2. The number of rotatable bonds is 12. The maximum Gasteiger partial charge on any atom is 0.536 e. The van der Waals surface area contributed by atoms with Crippen LogP contribution in [0.1, 0.15) is 39.5 Å². The summed E-state index contributed by atoms with van der Waals surface area (Å²) in [5.74, 6) is 0.118. The second kappa shape index (κ2) is 10.2. The fourth-order valence-electron chi connectivity index (χ4n) is 1.48. The van der Waals surface area contributed by atoms with Crippen molar-refractivity contribution in [3.8, 4) is 5.75 Å². The number of benzene rings is 1. The minimum absolute atomic E-state index is 0.102. The van der Waals surface area contributed by atoms with Crippen molar-refractivity contribution in [2.75, 3.05) is 13.2 Å². The molecule has 0 aliphatic heterocycles. The van der Waals surface area contributed by atoms with E-state index in [-0.39, 0.29) is 19.0 Å². The van der Waals surface area contributed by atoms with Gasteiger partial charge in [-0.1, -0.05) is 44.9 Å². The highest BCUT2D eigenvalue weighted by molar-refractivity contribution is 7.61. The summed E-state index contributed by atoms with van der Waals surface area (Å²) in [6.45, 7) is 4.07. The van der Waals surface area contributed by atoms with Crippen molar-refractivity contribution < 1.29 is 31.9 Å². The van der Waals surface area contributed by atoms with Crippen molar-refractivity contribution in [1.82, 2.24) is 0 Å². The Bertz CT molecular complexity index is 521. The van der Waals surface area contributed by atoms with Crippen LogP contribution in [0.25, 0.3) is 0 Å². The molecular formula is C14H24O7P2. The molecule has 0 aromatic heterocycles. The lowest BCUT2D eigenvalue weighted by molar-refractivity contribution is 0.138. The Balaban J connectivity index is 2.72. The summed E-state index contributed by atoms with van der Waals surface area (Å²) in [5.41, 5.74) is 0. The van der Waals surface area contributed by atoms with Crippen molar-refractivity contribution in [3.05, 3.63) is 30.3 Å². The van der Waals surface area contributed by atoms with Gasteiger partial charge in [0.2, 0.25) is 0 Å². The molecule has 7 nitrogen and oxygen atoms in total. The summed E-state index contributed by atoms with van der Waals surface area (Å²) in [6.07, 6.45) is 2.87. The van der Waals surface area contributed by atoms with Crippen LogP contribution in [0.4, 0.5) is 0 Å². The van der Waals surface area contributed by atoms with Crippen LogP contribution in [-0.2, 0) is 22.5 Å². The van der Waals surface area contributed by atoms with Gasteiger partial charge >= 0.3 is 15.6 Å². The van der Waals surface area contributed by atoms with Gasteiger partial charge < -0.3 is 4.52 Å². The molecule has 0 amide bonds. The van der Waals surface area contributed by atoms with Crippen molar-refractivity contribution in [2.24, 2.45) is 0 Å². The lowest BCUT2D eigenvalue weighted by Crippen LogP contribution is -2.04. The fourth-order valence-corrected chi connectivity index (χ4v) is 4.17. The molecule has 0 bridgehead atoms. The normalized spacial score (nSPS) is 14.4. The Hall–Kier alpha value is -0.680. The molecule has 1 atom stereocenters. The largest absolute Gasteiger partial charge is 0.536 e. The molecule has 132 valence electrons. The molecule has 0 spiro atoms. The third-order valence-corrected chi connectivity index (χ3v) is 5.73. The smallest absolute Gasteiger partial charge is 0.404 e. The standard InChI is InChI=1S/C14H24O7P2/c1-3-5-12-18-23(17,19-13-6-4-2)21-22(15,16)20-14-10-8-7-9-11-14/h7-11H,3-6,12-13H2,1-2H3,(H,15,16). The zero-order valence-corrected chi connectivity index (χ0v) is 15.2. The Morgan fingerprint density at radius 1 is 0.957 bits per heavy atom. The van der Waals surface area contributed by atoms with E-state index in [1.54, 1.807) is 18.2 Å². The van der Waals surface area contributed by atoms with Gasteiger partial charge in [-0.25, -0.2) is 9.13 Å². The molecule has 1 aromatic carbocycles. The van der Waals surface area contributed by atoms with E-state index in [2.05, 4.69) is 0 Å². The molecule has 0 aliphatic rings. The van der Waals surface area contributed by atoms with E-state index >= 15 is 0 Å². The van der Waals surface area contributed by atoms with E-state index in [0.717, 1.165) is 12.8 Å². The summed E-state index contributed by atoms with van der Waals surface area (Å²) in [7, 11) is -8.82. The van der Waals surface area contributed by atoms with Gasteiger partial charge in [0, 0.05) is 0 Å². The summed E-state index contributed by atoms with van der Waals surface area (Å²) >= 11 is 0. The zero-order valence-electron chi connectivity index (χ0n) is 13.4. The van der Waals surface area contributed by atoms with E-state index < -0.39 is 15.6 Å². The molecular weight excluding hydrogens is 342 g/mol. The van der Waals surface area contributed by atoms with Crippen LogP contribution in [-0.4, -0.2) is 18.1 Å². The fraction of sp³-hybridized carbons (Fsp3) is 0.571. The SMILES string of the molecule is CCCCOP(=O)(OCCCC)OP(=O)(O)Oc1ccccc1. The molecule has 1 aromatic rings. The van der Waals surface area contributed by atoms with Crippen molar-refractivity contribution >= 4 is 15.6 Å². The van der Waals surface area contributed by atoms with Gasteiger partial charge in [0.15, 0.2) is 0 Å². The van der Waals surface area contributed by atoms with Crippen molar-refractivity contribution in [2.45, 2.75) is 39.5 Å². The van der Waals surface area contributed by atoms with Gasteiger partial charge in [-0.2, -0.15) is 4.31 Å². The summed E-state index contributed by atoms with van der Waals surface area (Å²) in [6, 6.07) is 7.94. The van der Waals surface area contributed by atoms with Gasteiger partial charge in [-0.15, -0.1) is 0 Å². The third kappa shape index (κ3) is 8.66. The first-order valence-electron chi connectivity index (χ1n) is 7.58. The molecule has 0 radical (unpaired) electrons. The Kier molecular flexibility index (Phi) is 9.07. The maximum absolute atomic E-state index is 12.5. The Morgan fingerprint density at radius 2 is 1.48 bits per heavy atom. The van der Waals surface area contributed by atoms with Crippen LogP contribution < -0.4 is 4.52 Å². The van der Waals surface area contributed by atoms with E-state index in [0.29, 0.717) is 12.8 Å². The molecule has 1 unspecified atom stereocenters. The number of phosphoric ester groups is 2. The van der Waals surface area contributed by atoms with Gasteiger partial charge in [0.25, 0.3) is 0 Å². The highest BCUT2D eigenvalue weighted by Crippen LogP contribution is 2.63. The topological polar surface area (TPSA) is 91.3 Å². The zero-order chi connectivity index (χ0) is 17.2. The third-order valence-electron chi connectivity index (χ3n) is 2.66. The average molecular weight is 366 g/mol. The van der Waals surface area contributed by atoms with Crippen molar-refractivity contribution in [1.29, 1.82) is 0 Å². The van der Waals surface area contributed by atoms with Gasteiger partial charge in [0.1, 0.15) is 5.75 Å². The molecule has 1 rings (SSSR count). The van der Waals surface area contributed by atoms with E-state index in [9.17, 15) is 14.0 Å². The first-order valence-corrected chi connectivity index (χ1v) is 10.5. The summed E-state index contributed by atoms with van der Waals surface area (Å²) < 4.78 is 44.3. The summed E-state index contributed by atoms with van der Waals surface area (Å²) in [4.78, 5) is 9.80. The Morgan fingerprint density at radius 3 is 1.96 bits per heavy atom. The molecule has 0 heterocycles. The molecule has 0 saturated carbocycles. The minimum atomic E-state index is -4.65. The predicted octanol–water partition coefficient (Wildman–Crippen LogP) is 4.92. The second-order valence-electron chi connectivity index (χ2n) is 4.78. The predicted molar refractivity (Wildman–Crippen MR) is 87.3 cm³/mol. The van der Waals surface area contributed by atoms with Gasteiger partial charge in [0.05, 0.1) is 13.2 Å². The van der Waals surface area contributed by atoms with Crippen molar-refractivity contribution in [3.63, 3.8) is 0 Å². The van der Waals surface area contributed by atoms with E-state index in [4.69, 9.17) is 17.9 Å². The highest BCUT2D eigenvalue weighted by atomic mass is 31.3. The molecule has 0 aliphatic carbocycles. The van der Waals surface area contributed by atoms with Crippen LogP contribution in [0.3, 0.4) is 0 Å². The van der Waals surface area contributed by atoms with Gasteiger partial charge in [-0.05, 0) is 25.0 Å². The maximum atomic E-state index is 12.5. The average Bonchev–Trinajstić information content (AvgIpc) is 2.47.